The first-order valence-corrected chi connectivity index (χ1v) is 10.8. The number of aliphatic hydroxyl groups excluding tert-OH is 1. The van der Waals surface area contributed by atoms with Gasteiger partial charge >= 0.3 is 5.97 Å². The molecular weight excluding hydrogens is 416 g/mol. The number of anilines is 2. The molecule has 0 amide bonds. The summed E-state index contributed by atoms with van der Waals surface area (Å²) in [6, 6.07) is 20.7. The number of carbonyl (C=O) groups is 1. The predicted octanol–water partition coefficient (Wildman–Crippen LogP) is 5.55. The molecule has 0 fully saturated rings. The third kappa shape index (κ3) is 4.38. The quantitative estimate of drug-likeness (QED) is 0.365. The molecule has 0 aliphatic heterocycles. The largest absolute Gasteiger partial charge is 0.496 e. The number of ether oxygens (including phenoxy) is 2. The highest BCUT2D eigenvalue weighted by Crippen LogP contribution is 2.37. The number of fused-ring (bicyclic) bond motifs is 1. The minimum Gasteiger partial charge on any atom is -0.496 e. The minimum atomic E-state index is -0.961. The third-order valence-corrected chi connectivity index (χ3v) is 5.56. The van der Waals surface area contributed by atoms with E-state index in [9.17, 15) is 9.90 Å². The molecule has 4 aromatic rings. The maximum Gasteiger partial charge on any atom is 0.341 e. The van der Waals surface area contributed by atoms with Gasteiger partial charge in [-0.2, -0.15) is 0 Å². The number of pyridine rings is 1. The van der Waals surface area contributed by atoms with Crippen LogP contribution >= 0.6 is 0 Å². The van der Waals surface area contributed by atoms with Gasteiger partial charge < -0.3 is 19.9 Å². The van der Waals surface area contributed by atoms with Gasteiger partial charge in [0, 0.05) is 28.4 Å². The van der Waals surface area contributed by atoms with E-state index in [-0.39, 0.29) is 6.61 Å². The number of aromatic nitrogens is 1. The number of carbonyl (C=O) groups excluding carboxylic acids is 1. The van der Waals surface area contributed by atoms with Crippen LogP contribution in [0.1, 0.15) is 40.1 Å². The summed E-state index contributed by atoms with van der Waals surface area (Å²) in [7, 11) is 1.57. The first-order chi connectivity index (χ1) is 16.0. The second kappa shape index (κ2) is 9.71. The molecule has 3 aromatic carbocycles. The first kappa shape index (κ1) is 22.3. The highest BCUT2D eigenvalue weighted by molar-refractivity contribution is 6.06. The van der Waals surface area contributed by atoms with Crippen LogP contribution in [-0.4, -0.2) is 29.8 Å². The maximum atomic E-state index is 12.7. The number of nitrogens with one attached hydrogen (secondary N) is 1. The maximum absolute atomic E-state index is 12.7. The van der Waals surface area contributed by atoms with Crippen LogP contribution in [0.4, 0.5) is 11.4 Å². The van der Waals surface area contributed by atoms with Crippen molar-refractivity contribution in [3.05, 3.63) is 95.2 Å². The number of hydrogen-bond acceptors (Lipinski definition) is 6. The molecule has 168 valence electrons. The number of esters is 1. The molecule has 2 N–H and O–H groups in total. The Balaban J connectivity index is 1.91. The second-order valence-electron chi connectivity index (χ2n) is 7.60. The minimum absolute atomic E-state index is 0.257. The SMILES string of the molecule is CCOC(=O)c1cnc2c(C(O)c3ccccc3OC)cccc2c1Nc1ccccc1C. The zero-order valence-electron chi connectivity index (χ0n) is 18.8. The van der Waals surface area contributed by atoms with E-state index in [4.69, 9.17) is 9.47 Å². The van der Waals surface area contributed by atoms with Gasteiger partial charge in [-0.1, -0.05) is 54.6 Å². The van der Waals surface area contributed by atoms with Gasteiger partial charge in [0.15, 0.2) is 0 Å². The molecule has 1 unspecified atom stereocenters. The Kier molecular flexibility index (Phi) is 6.56. The van der Waals surface area contributed by atoms with Crippen LogP contribution in [0.2, 0.25) is 0 Å². The van der Waals surface area contributed by atoms with E-state index in [0.717, 1.165) is 11.3 Å². The second-order valence-corrected chi connectivity index (χ2v) is 7.60. The molecule has 1 heterocycles. The number of methoxy groups -OCH3 is 1. The molecule has 6 heteroatoms. The molecular formula is C27H26N2O4. The van der Waals surface area contributed by atoms with Crippen molar-refractivity contribution in [2.24, 2.45) is 0 Å². The van der Waals surface area contributed by atoms with Crippen molar-refractivity contribution in [2.45, 2.75) is 20.0 Å². The van der Waals surface area contributed by atoms with Crippen LogP contribution in [0.5, 0.6) is 5.75 Å². The summed E-state index contributed by atoms with van der Waals surface area (Å²) >= 11 is 0. The van der Waals surface area contributed by atoms with E-state index >= 15 is 0 Å². The van der Waals surface area contributed by atoms with Crippen LogP contribution in [-0.2, 0) is 4.74 Å². The van der Waals surface area contributed by atoms with Gasteiger partial charge in [0.2, 0.25) is 0 Å². The Morgan fingerprint density at radius 1 is 1.03 bits per heavy atom. The van der Waals surface area contributed by atoms with E-state index in [0.29, 0.717) is 39.0 Å². The summed E-state index contributed by atoms with van der Waals surface area (Å²) in [5, 5.41) is 15.4. The van der Waals surface area contributed by atoms with Gasteiger partial charge in [0.1, 0.15) is 17.4 Å². The molecule has 0 radical (unpaired) electrons. The summed E-state index contributed by atoms with van der Waals surface area (Å²) in [4.78, 5) is 17.3. The van der Waals surface area contributed by atoms with Crippen molar-refractivity contribution in [1.29, 1.82) is 0 Å². The monoisotopic (exact) mass is 442 g/mol. The van der Waals surface area contributed by atoms with Crippen LogP contribution in [0.15, 0.2) is 72.9 Å². The zero-order valence-corrected chi connectivity index (χ0v) is 18.8. The van der Waals surface area contributed by atoms with Crippen LogP contribution < -0.4 is 10.1 Å². The fraction of sp³-hybridized carbons (Fsp3) is 0.185. The molecule has 0 saturated carbocycles. The Hall–Kier alpha value is -3.90. The normalized spacial score (nSPS) is 11.8. The predicted molar refractivity (Wildman–Crippen MR) is 129 cm³/mol. The fourth-order valence-corrected chi connectivity index (χ4v) is 3.87. The lowest BCUT2D eigenvalue weighted by molar-refractivity contribution is 0.0527. The summed E-state index contributed by atoms with van der Waals surface area (Å²) < 4.78 is 10.7. The average molecular weight is 443 g/mol. The topological polar surface area (TPSA) is 80.7 Å². The summed E-state index contributed by atoms with van der Waals surface area (Å²) in [5.74, 6) is 0.127. The van der Waals surface area contributed by atoms with E-state index in [1.165, 1.54) is 6.20 Å². The molecule has 0 saturated heterocycles. The molecule has 1 aromatic heterocycles. The highest BCUT2D eigenvalue weighted by atomic mass is 16.5. The van der Waals surface area contributed by atoms with E-state index in [2.05, 4.69) is 10.3 Å². The van der Waals surface area contributed by atoms with E-state index in [1.807, 2.05) is 67.6 Å². The Morgan fingerprint density at radius 3 is 2.52 bits per heavy atom. The molecule has 0 aliphatic rings. The van der Waals surface area contributed by atoms with Gasteiger partial charge in [-0.15, -0.1) is 0 Å². The summed E-state index contributed by atoms with van der Waals surface area (Å²) in [5.41, 5.74) is 4.64. The lowest BCUT2D eigenvalue weighted by Crippen LogP contribution is -2.11. The average Bonchev–Trinajstić information content (AvgIpc) is 2.84. The van der Waals surface area contributed by atoms with Crippen LogP contribution in [0, 0.1) is 6.92 Å². The fourth-order valence-electron chi connectivity index (χ4n) is 3.87. The molecule has 0 spiro atoms. The number of benzene rings is 3. The number of hydrogen-bond donors (Lipinski definition) is 2. The number of aliphatic hydroxyl groups is 1. The smallest absolute Gasteiger partial charge is 0.341 e. The zero-order chi connectivity index (χ0) is 23.4. The Morgan fingerprint density at radius 2 is 1.76 bits per heavy atom. The van der Waals surface area contributed by atoms with E-state index < -0.39 is 12.1 Å². The molecule has 1 atom stereocenters. The first-order valence-electron chi connectivity index (χ1n) is 10.8. The van der Waals surface area contributed by atoms with E-state index in [1.54, 1.807) is 20.1 Å². The number of para-hydroxylation sites is 3. The van der Waals surface area contributed by atoms with Gasteiger partial charge in [-0.05, 0) is 31.5 Å². The van der Waals surface area contributed by atoms with Crippen molar-refractivity contribution in [3.8, 4) is 5.75 Å². The lowest BCUT2D eigenvalue weighted by Gasteiger charge is -2.19. The Labute approximate surface area is 192 Å². The Bertz CT molecular complexity index is 1300. The van der Waals surface area contributed by atoms with Gasteiger partial charge in [0.25, 0.3) is 0 Å². The lowest BCUT2D eigenvalue weighted by atomic mass is 9.96. The van der Waals surface area contributed by atoms with Gasteiger partial charge in [-0.3, -0.25) is 4.98 Å². The molecule has 33 heavy (non-hydrogen) atoms. The van der Waals surface area contributed by atoms with Crippen molar-refractivity contribution < 1.29 is 19.4 Å². The summed E-state index contributed by atoms with van der Waals surface area (Å²) in [6.45, 7) is 4.02. The molecule has 0 bridgehead atoms. The molecule has 6 nitrogen and oxygen atoms in total. The van der Waals surface area contributed by atoms with Gasteiger partial charge in [-0.25, -0.2) is 4.79 Å². The van der Waals surface area contributed by atoms with Crippen molar-refractivity contribution in [2.75, 3.05) is 19.0 Å². The number of aryl methyl sites for hydroxylation is 1. The van der Waals surface area contributed by atoms with Crippen molar-refractivity contribution >= 4 is 28.2 Å². The standard InChI is InChI=1S/C27H26N2O4/c1-4-33-27(31)21-16-28-24-19(25(21)29-22-14-7-5-10-17(22)2)12-9-13-20(24)26(30)18-11-6-8-15-23(18)32-3/h5-16,26,30H,4H2,1-3H3,(H,28,29). The van der Waals surface area contributed by atoms with Crippen LogP contribution in [0.3, 0.4) is 0 Å². The van der Waals surface area contributed by atoms with Crippen molar-refractivity contribution in [1.82, 2.24) is 4.98 Å². The number of rotatable bonds is 7. The molecule has 4 rings (SSSR count). The van der Waals surface area contributed by atoms with Crippen molar-refractivity contribution in [3.63, 3.8) is 0 Å². The molecule has 0 aliphatic carbocycles. The van der Waals surface area contributed by atoms with Gasteiger partial charge in [0.05, 0.1) is 24.9 Å². The summed E-state index contributed by atoms with van der Waals surface area (Å²) in [6.07, 6.45) is 0.538. The highest BCUT2D eigenvalue weighted by Gasteiger charge is 2.22. The number of nitrogens with zero attached hydrogens (tertiary/aromatic N) is 1. The van der Waals surface area contributed by atoms with Crippen LogP contribution in [0.25, 0.3) is 10.9 Å². The third-order valence-electron chi connectivity index (χ3n) is 5.56.